The number of hydrogen-bond acceptors (Lipinski definition) is 7. The van der Waals surface area contributed by atoms with Gasteiger partial charge in [-0.3, -0.25) is 4.79 Å². The largest absolute Gasteiger partial charge is 0.465 e. The lowest BCUT2D eigenvalue weighted by Gasteiger charge is -2.10. The van der Waals surface area contributed by atoms with Crippen LogP contribution in [-0.2, 0) is 4.74 Å². The van der Waals surface area contributed by atoms with E-state index in [1.165, 1.54) is 14.0 Å². The SMILES string of the molecule is COC(=O)c1cccc(Nc2ccnc(Nc3cccc(C(C)=O)c3)n2)c1. The summed E-state index contributed by atoms with van der Waals surface area (Å²) in [7, 11) is 1.34. The van der Waals surface area contributed by atoms with Crippen LogP contribution in [0.3, 0.4) is 0 Å². The Hall–Kier alpha value is -3.74. The lowest BCUT2D eigenvalue weighted by Crippen LogP contribution is -2.03. The summed E-state index contributed by atoms with van der Waals surface area (Å²) >= 11 is 0. The Balaban J connectivity index is 1.77. The molecule has 0 atom stereocenters. The summed E-state index contributed by atoms with van der Waals surface area (Å²) in [6.07, 6.45) is 1.61. The molecule has 3 aromatic rings. The molecular formula is C20H18N4O3. The molecule has 0 aliphatic rings. The van der Waals surface area contributed by atoms with Gasteiger partial charge in [-0.15, -0.1) is 0 Å². The van der Waals surface area contributed by atoms with Gasteiger partial charge in [0.05, 0.1) is 12.7 Å². The van der Waals surface area contributed by atoms with Crippen LogP contribution in [0.4, 0.5) is 23.1 Å². The van der Waals surface area contributed by atoms with Crippen molar-refractivity contribution >= 4 is 34.9 Å². The Bertz CT molecular complexity index is 988. The number of aromatic nitrogens is 2. The van der Waals surface area contributed by atoms with Crippen LogP contribution in [0.15, 0.2) is 60.8 Å². The number of carbonyl (C=O) groups excluding carboxylic acids is 2. The summed E-state index contributed by atoms with van der Waals surface area (Å²) in [5.74, 6) is 0.511. The van der Waals surface area contributed by atoms with Gasteiger partial charge in [-0.1, -0.05) is 18.2 Å². The number of carbonyl (C=O) groups is 2. The quantitative estimate of drug-likeness (QED) is 0.506. The number of anilines is 4. The van der Waals surface area contributed by atoms with Crippen molar-refractivity contribution in [3.8, 4) is 0 Å². The number of ketones is 1. The number of benzene rings is 2. The maximum Gasteiger partial charge on any atom is 0.337 e. The summed E-state index contributed by atoms with van der Waals surface area (Å²) in [5, 5.41) is 6.20. The van der Waals surface area contributed by atoms with Crippen LogP contribution < -0.4 is 10.6 Å². The molecule has 0 bridgehead atoms. The van der Waals surface area contributed by atoms with Crippen molar-refractivity contribution < 1.29 is 14.3 Å². The molecule has 136 valence electrons. The zero-order valence-corrected chi connectivity index (χ0v) is 14.9. The predicted octanol–water partition coefficient (Wildman–Crippen LogP) is 3.95. The fourth-order valence-electron chi connectivity index (χ4n) is 2.42. The van der Waals surface area contributed by atoms with E-state index in [0.717, 1.165) is 0 Å². The Morgan fingerprint density at radius 3 is 2.30 bits per heavy atom. The number of Topliss-reactive ketones (excluding diaryl/α,β-unsaturated/α-hetero) is 1. The molecule has 1 aromatic heterocycles. The van der Waals surface area contributed by atoms with Crippen molar-refractivity contribution in [1.29, 1.82) is 0 Å². The van der Waals surface area contributed by atoms with E-state index in [4.69, 9.17) is 4.74 Å². The van der Waals surface area contributed by atoms with E-state index in [2.05, 4.69) is 20.6 Å². The van der Waals surface area contributed by atoms with Crippen LogP contribution in [0.2, 0.25) is 0 Å². The highest BCUT2D eigenvalue weighted by atomic mass is 16.5. The molecule has 27 heavy (non-hydrogen) atoms. The standard InChI is InChI=1S/C20H18N4O3/c1-13(25)14-5-3-8-17(11-14)23-20-21-10-9-18(24-20)22-16-7-4-6-15(12-16)19(26)27-2/h3-12H,1-2H3,(H2,21,22,23,24). The third-order valence-electron chi connectivity index (χ3n) is 3.74. The van der Waals surface area contributed by atoms with E-state index in [-0.39, 0.29) is 5.78 Å². The van der Waals surface area contributed by atoms with Crippen LogP contribution in [-0.4, -0.2) is 28.8 Å². The third kappa shape index (κ3) is 4.66. The average molecular weight is 362 g/mol. The number of ether oxygens (including phenoxy) is 1. The molecule has 3 rings (SSSR count). The number of esters is 1. The zero-order chi connectivity index (χ0) is 19.2. The minimum Gasteiger partial charge on any atom is -0.465 e. The van der Waals surface area contributed by atoms with Crippen LogP contribution in [0.5, 0.6) is 0 Å². The van der Waals surface area contributed by atoms with Crippen LogP contribution in [0.1, 0.15) is 27.6 Å². The summed E-state index contributed by atoms with van der Waals surface area (Å²) in [6.45, 7) is 1.52. The van der Waals surface area contributed by atoms with Gasteiger partial charge in [0.2, 0.25) is 5.95 Å². The molecule has 0 saturated carbocycles. The lowest BCUT2D eigenvalue weighted by atomic mass is 10.1. The van der Waals surface area contributed by atoms with Crippen molar-refractivity contribution in [3.05, 3.63) is 71.9 Å². The van der Waals surface area contributed by atoms with E-state index in [0.29, 0.717) is 34.3 Å². The third-order valence-corrected chi connectivity index (χ3v) is 3.74. The second-order valence-corrected chi connectivity index (χ2v) is 5.72. The maximum atomic E-state index is 11.6. The topological polar surface area (TPSA) is 93.2 Å². The van der Waals surface area contributed by atoms with Crippen LogP contribution >= 0.6 is 0 Å². The molecule has 0 spiro atoms. The summed E-state index contributed by atoms with van der Waals surface area (Å²) in [5.41, 5.74) is 2.46. The Labute approximate surface area is 156 Å². The number of rotatable bonds is 6. The zero-order valence-electron chi connectivity index (χ0n) is 14.9. The van der Waals surface area contributed by atoms with Gasteiger partial charge in [-0.25, -0.2) is 9.78 Å². The van der Waals surface area contributed by atoms with Crippen molar-refractivity contribution in [2.75, 3.05) is 17.7 Å². The van der Waals surface area contributed by atoms with E-state index < -0.39 is 5.97 Å². The van der Waals surface area contributed by atoms with Crippen molar-refractivity contribution in [1.82, 2.24) is 9.97 Å². The highest BCUT2D eigenvalue weighted by Gasteiger charge is 2.07. The van der Waals surface area contributed by atoms with Gasteiger partial charge in [0.1, 0.15) is 5.82 Å². The van der Waals surface area contributed by atoms with Gasteiger partial charge < -0.3 is 15.4 Å². The van der Waals surface area contributed by atoms with Crippen molar-refractivity contribution in [2.45, 2.75) is 6.92 Å². The van der Waals surface area contributed by atoms with E-state index >= 15 is 0 Å². The van der Waals surface area contributed by atoms with Gasteiger partial charge in [-0.2, -0.15) is 4.98 Å². The highest BCUT2D eigenvalue weighted by molar-refractivity contribution is 5.95. The lowest BCUT2D eigenvalue weighted by molar-refractivity contribution is 0.0600. The van der Waals surface area contributed by atoms with E-state index in [1.807, 2.05) is 12.1 Å². The fraction of sp³-hybridized carbons (Fsp3) is 0.100. The molecule has 1 heterocycles. The Kier molecular flexibility index (Phi) is 5.41. The molecular weight excluding hydrogens is 344 g/mol. The van der Waals surface area contributed by atoms with Crippen molar-refractivity contribution in [3.63, 3.8) is 0 Å². The van der Waals surface area contributed by atoms with Gasteiger partial charge in [-0.05, 0) is 43.3 Å². The van der Waals surface area contributed by atoms with Crippen molar-refractivity contribution in [2.24, 2.45) is 0 Å². The van der Waals surface area contributed by atoms with Crippen LogP contribution in [0, 0.1) is 0 Å². The number of methoxy groups -OCH3 is 1. The molecule has 0 saturated heterocycles. The van der Waals surface area contributed by atoms with Crippen LogP contribution in [0.25, 0.3) is 0 Å². The van der Waals surface area contributed by atoms with Gasteiger partial charge in [0.25, 0.3) is 0 Å². The normalized spacial score (nSPS) is 10.1. The molecule has 2 N–H and O–H groups in total. The predicted molar refractivity (Wildman–Crippen MR) is 103 cm³/mol. The molecule has 2 aromatic carbocycles. The number of nitrogens with zero attached hydrogens (tertiary/aromatic N) is 2. The second-order valence-electron chi connectivity index (χ2n) is 5.72. The van der Waals surface area contributed by atoms with E-state index in [1.54, 1.807) is 48.7 Å². The maximum absolute atomic E-state index is 11.6. The Morgan fingerprint density at radius 1 is 0.926 bits per heavy atom. The minimum atomic E-state index is -0.408. The first-order valence-corrected chi connectivity index (χ1v) is 8.21. The average Bonchev–Trinajstić information content (AvgIpc) is 2.68. The molecule has 7 heteroatoms. The van der Waals surface area contributed by atoms with Gasteiger partial charge in [0.15, 0.2) is 5.78 Å². The first-order valence-electron chi connectivity index (χ1n) is 8.21. The summed E-state index contributed by atoms with van der Waals surface area (Å²) < 4.78 is 4.73. The molecule has 7 nitrogen and oxygen atoms in total. The number of nitrogens with one attached hydrogen (secondary N) is 2. The molecule has 0 unspecified atom stereocenters. The number of hydrogen-bond donors (Lipinski definition) is 2. The monoisotopic (exact) mass is 362 g/mol. The van der Waals surface area contributed by atoms with Gasteiger partial charge in [0, 0.05) is 23.1 Å². The summed E-state index contributed by atoms with van der Waals surface area (Å²) in [4.78, 5) is 31.7. The first-order chi connectivity index (χ1) is 13.0. The van der Waals surface area contributed by atoms with Gasteiger partial charge >= 0.3 is 5.97 Å². The first kappa shape index (κ1) is 18.1. The smallest absolute Gasteiger partial charge is 0.337 e. The highest BCUT2D eigenvalue weighted by Crippen LogP contribution is 2.19. The summed E-state index contributed by atoms with van der Waals surface area (Å²) in [6, 6.07) is 15.7. The fourth-order valence-corrected chi connectivity index (χ4v) is 2.42. The molecule has 0 radical (unpaired) electrons. The Morgan fingerprint density at radius 2 is 1.59 bits per heavy atom. The molecule has 0 aliphatic carbocycles. The molecule has 0 amide bonds. The second kappa shape index (κ2) is 8.09. The molecule has 0 fully saturated rings. The molecule has 0 aliphatic heterocycles. The minimum absolute atomic E-state index is 0.0135. The van der Waals surface area contributed by atoms with E-state index in [9.17, 15) is 9.59 Å².